The van der Waals surface area contributed by atoms with E-state index in [4.69, 9.17) is 0 Å². The van der Waals surface area contributed by atoms with Crippen LogP contribution in [0.1, 0.15) is 26.3 Å². The van der Waals surface area contributed by atoms with Gasteiger partial charge in [-0.05, 0) is 42.0 Å². The van der Waals surface area contributed by atoms with E-state index >= 15 is 0 Å². The third-order valence-electron chi connectivity index (χ3n) is 4.03. The molecule has 0 aliphatic heterocycles. The molecule has 0 saturated heterocycles. The van der Waals surface area contributed by atoms with Gasteiger partial charge in [-0.3, -0.25) is 14.6 Å². The molecule has 3 aromatic rings. The van der Waals surface area contributed by atoms with Gasteiger partial charge in [0.2, 0.25) is 0 Å². The largest absolute Gasteiger partial charge is 0.348 e. The van der Waals surface area contributed by atoms with Gasteiger partial charge in [0.05, 0.1) is 11.9 Å². The summed E-state index contributed by atoms with van der Waals surface area (Å²) in [4.78, 5) is 30.3. The second-order valence-electron chi connectivity index (χ2n) is 5.82. The molecule has 0 aliphatic rings. The Morgan fingerprint density at radius 3 is 2.27 bits per heavy atom. The smallest absolute Gasteiger partial charge is 0.258 e. The van der Waals surface area contributed by atoms with Crippen LogP contribution in [0.3, 0.4) is 0 Å². The van der Waals surface area contributed by atoms with E-state index < -0.39 is 0 Å². The molecule has 1 aromatic heterocycles. The second-order valence-corrected chi connectivity index (χ2v) is 5.82. The van der Waals surface area contributed by atoms with E-state index in [0.717, 1.165) is 5.56 Å². The Labute approximate surface area is 152 Å². The third-order valence-corrected chi connectivity index (χ3v) is 4.03. The number of aromatic nitrogens is 1. The molecular formula is C21H19N3O2. The minimum absolute atomic E-state index is 0.158. The highest BCUT2D eigenvalue weighted by Crippen LogP contribution is 2.14. The zero-order chi connectivity index (χ0) is 18.4. The highest BCUT2D eigenvalue weighted by Gasteiger charge is 2.14. The molecule has 3 rings (SSSR count). The van der Waals surface area contributed by atoms with Gasteiger partial charge in [-0.15, -0.1) is 0 Å². The van der Waals surface area contributed by atoms with Crippen molar-refractivity contribution in [1.82, 2.24) is 10.3 Å². The third kappa shape index (κ3) is 4.13. The van der Waals surface area contributed by atoms with Gasteiger partial charge in [0, 0.05) is 30.9 Å². The number of carbonyl (C=O) groups excluding carboxylic acids is 2. The summed E-state index contributed by atoms with van der Waals surface area (Å²) in [5.41, 5.74) is 2.77. The molecule has 0 atom stereocenters. The van der Waals surface area contributed by atoms with Crippen molar-refractivity contribution >= 4 is 17.5 Å². The first-order valence-electron chi connectivity index (χ1n) is 8.25. The molecule has 0 fully saturated rings. The van der Waals surface area contributed by atoms with Crippen molar-refractivity contribution in [3.63, 3.8) is 0 Å². The zero-order valence-electron chi connectivity index (χ0n) is 14.4. The summed E-state index contributed by atoms with van der Waals surface area (Å²) in [6.45, 7) is 0.462. The van der Waals surface area contributed by atoms with Crippen LogP contribution < -0.4 is 10.2 Å². The van der Waals surface area contributed by atoms with Gasteiger partial charge in [-0.25, -0.2) is 0 Å². The van der Waals surface area contributed by atoms with E-state index in [1.807, 2.05) is 36.4 Å². The van der Waals surface area contributed by atoms with Crippen molar-refractivity contribution in [1.29, 1.82) is 0 Å². The molecule has 5 nitrogen and oxygen atoms in total. The molecule has 5 heteroatoms. The summed E-state index contributed by atoms with van der Waals surface area (Å²) in [5.74, 6) is -0.331. The fourth-order valence-corrected chi connectivity index (χ4v) is 2.51. The van der Waals surface area contributed by atoms with Crippen LogP contribution in [-0.2, 0) is 6.54 Å². The lowest BCUT2D eigenvalue weighted by atomic mass is 10.1. The molecule has 0 aliphatic carbocycles. The first-order chi connectivity index (χ1) is 12.6. The average molecular weight is 345 g/mol. The Morgan fingerprint density at radius 1 is 0.923 bits per heavy atom. The summed E-state index contributed by atoms with van der Waals surface area (Å²) in [7, 11) is 1.69. The van der Waals surface area contributed by atoms with Crippen LogP contribution in [0.2, 0.25) is 0 Å². The van der Waals surface area contributed by atoms with E-state index in [2.05, 4.69) is 10.3 Å². The average Bonchev–Trinajstić information content (AvgIpc) is 2.72. The van der Waals surface area contributed by atoms with Crippen LogP contribution >= 0.6 is 0 Å². The van der Waals surface area contributed by atoms with E-state index in [-0.39, 0.29) is 11.8 Å². The molecule has 26 heavy (non-hydrogen) atoms. The van der Waals surface area contributed by atoms with Crippen molar-refractivity contribution in [3.05, 3.63) is 95.8 Å². The lowest BCUT2D eigenvalue weighted by molar-refractivity contribution is 0.0948. The molecule has 0 bridgehead atoms. The van der Waals surface area contributed by atoms with Crippen LogP contribution in [0.25, 0.3) is 0 Å². The zero-order valence-corrected chi connectivity index (χ0v) is 14.4. The van der Waals surface area contributed by atoms with Gasteiger partial charge in [0.15, 0.2) is 0 Å². The minimum Gasteiger partial charge on any atom is -0.348 e. The quantitative estimate of drug-likeness (QED) is 0.772. The summed E-state index contributed by atoms with van der Waals surface area (Å²) < 4.78 is 0. The standard InChI is InChI=1S/C21H19N3O2/c1-24(19-8-5-13-22-15-19)21(26)18-11-9-17(10-12-18)20(25)23-14-16-6-3-2-4-7-16/h2-13,15H,14H2,1H3,(H,23,25). The Hall–Kier alpha value is -3.47. The van der Waals surface area contributed by atoms with Crippen molar-refractivity contribution < 1.29 is 9.59 Å². The first kappa shape index (κ1) is 17.4. The molecule has 0 radical (unpaired) electrons. The van der Waals surface area contributed by atoms with Crippen molar-refractivity contribution in [2.75, 3.05) is 11.9 Å². The van der Waals surface area contributed by atoms with Crippen LogP contribution in [0.15, 0.2) is 79.1 Å². The predicted molar refractivity (Wildman–Crippen MR) is 101 cm³/mol. The van der Waals surface area contributed by atoms with E-state index in [9.17, 15) is 9.59 Å². The number of amides is 2. The van der Waals surface area contributed by atoms with Crippen molar-refractivity contribution in [3.8, 4) is 0 Å². The van der Waals surface area contributed by atoms with Gasteiger partial charge < -0.3 is 10.2 Å². The molecule has 1 heterocycles. The molecule has 2 aromatic carbocycles. The number of benzene rings is 2. The number of carbonyl (C=O) groups is 2. The molecule has 2 amide bonds. The Balaban J connectivity index is 1.64. The maximum atomic E-state index is 12.5. The number of nitrogens with one attached hydrogen (secondary N) is 1. The molecule has 0 unspecified atom stereocenters. The second kappa shape index (κ2) is 8.07. The maximum absolute atomic E-state index is 12.5. The molecule has 1 N–H and O–H groups in total. The minimum atomic E-state index is -0.173. The molecular weight excluding hydrogens is 326 g/mol. The Bertz CT molecular complexity index is 878. The summed E-state index contributed by atoms with van der Waals surface area (Å²) in [5, 5.41) is 2.87. The number of hydrogen-bond donors (Lipinski definition) is 1. The van der Waals surface area contributed by atoms with Gasteiger partial charge in [-0.2, -0.15) is 0 Å². The summed E-state index contributed by atoms with van der Waals surface area (Å²) in [6.07, 6.45) is 3.29. The van der Waals surface area contributed by atoms with Crippen LogP contribution in [0.5, 0.6) is 0 Å². The van der Waals surface area contributed by atoms with E-state index in [0.29, 0.717) is 23.4 Å². The lowest BCUT2D eigenvalue weighted by Gasteiger charge is -2.17. The summed E-state index contributed by atoms with van der Waals surface area (Å²) >= 11 is 0. The van der Waals surface area contributed by atoms with E-state index in [1.54, 1.807) is 49.8 Å². The number of nitrogens with zero attached hydrogens (tertiary/aromatic N) is 2. The number of rotatable bonds is 5. The van der Waals surface area contributed by atoms with Gasteiger partial charge in [0.25, 0.3) is 11.8 Å². The SMILES string of the molecule is CN(C(=O)c1ccc(C(=O)NCc2ccccc2)cc1)c1cccnc1. The fourth-order valence-electron chi connectivity index (χ4n) is 2.51. The molecule has 0 spiro atoms. The predicted octanol–water partition coefficient (Wildman–Crippen LogP) is 3.29. The summed E-state index contributed by atoms with van der Waals surface area (Å²) in [6, 6.07) is 19.9. The number of anilines is 1. The first-order valence-corrected chi connectivity index (χ1v) is 8.25. The van der Waals surface area contributed by atoms with Gasteiger partial charge >= 0.3 is 0 Å². The normalized spacial score (nSPS) is 10.2. The molecule has 0 saturated carbocycles. The fraction of sp³-hybridized carbons (Fsp3) is 0.0952. The Morgan fingerprint density at radius 2 is 1.62 bits per heavy atom. The van der Waals surface area contributed by atoms with Crippen LogP contribution in [-0.4, -0.2) is 23.8 Å². The maximum Gasteiger partial charge on any atom is 0.258 e. The van der Waals surface area contributed by atoms with Crippen LogP contribution in [0, 0.1) is 0 Å². The molecule has 130 valence electrons. The van der Waals surface area contributed by atoms with Crippen molar-refractivity contribution in [2.24, 2.45) is 0 Å². The van der Waals surface area contributed by atoms with Crippen molar-refractivity contribution in [2.45, 2.75) is 6.54 Å². The monoisotopic (exact) mass is 345 g/mol. The number of hydrogen-bond acceptors (Lipinski definition) is 3. The lowest BCUT2D eigenvalue weighted by Crippen LogP contribution is -2.26. The van der Waals surface area contributed by atoms with Crippen LogP contribution in [0.4, 0.5) is 5.69 Å². The van der Waals surface area contributed by atoms with E-state index in [1.165, 1.54) is 4.90 Å². The highest BCUT2D eigenvalue weighted by molar-refractivity contribution is 6.06. The van der Waals surface area contributed by atoms with Gasteiger partial charge in [-0.1, -0.05) is 30.3 Å². The number of pyridine rings is 1. The highest BCUT2D eigenvalue weighted by atomic mass is 16.2. The van der Waals surface area contributed by atoms with Gasteiger partial charge in [0.1, 0.15) is 0 Å². The Kier molecular flexibility index (Phi) is 5.39. The topological polar surface area (TPSA) is 62.3 Å².